The minimum atomic E-state index is -4.48. The molecule has 9 nitrogen and oxygen atoms in total. The minimum absolute atomic E-state index is 0.288. The van der Waals surface area contributed by atoms with Gasteiger partial charge in [-0.2, -0.15) is 13.2 Å². The quantitative estimate of drug-likeness (QED) is 0.364. The molecule has 4 aromatic rings. The largest absolute Gasteiger partial charge is 0.397 e. The maximum absolute atomic E-state index is 12.5. The fraction of sp³-hybridized carbons (Fsp3) is 0.370. The summed E-state index contributed by atoms with van der Waals surface area (Å²) < 4.78 is 42.7. The van der Waals surface area contributed by atoms with Crippen LogP contribution in [0.2, 0.25) is 0 Å². The molecule has 0 unspecified atom stereocenters. The first kappa shape index (κ1) is 26.7. The number of hydrogen-bond acceptors (Lipinski definition) is 7. The number of fused-ring (bicyclic) bond motifs is 1. The first-order chi connectivity index (χ1) is 18.8. The van der Waals surface area contributed by atoms with Crippen molar-refractivity contribution in [2.24, 2.45) is 0 Å². The third-order valence-electron chi connectivity index (χ3n) is 6.56. The van der Waals surface area contributed by atoms with Crippen LogP contribution in [0.1, 0.15) is 29.2 Å². The highest BCUT2D eigenvalue weighted by Gasteiger charge is 2.34. The van der Waals surface area contributed by atoms with E-state index in [1.807, 2.05) is 36.4 Å². The molecular formula is C27H28F3N7O2. The Morgan fingerprint density at radius 3 is 2.62 bits per heavy atom. The number of H-pyrrole nitrogens is 1. The van der Waals surface area contributed by atoms with Crippen LogP contribution in [0, 0.1) is 0 Å². The molecule has 1 aliphatic heterocycles. The van der Waals surface area contributed by atoms with E-state index in [2.05, 4.69) is 24.8 Å². The molecule has 204 valence electrons. The Morgan fingerprint density at radius 1 is 1.03 bits per heavy atom. The van der Waals surface area contributed by atoms with Gasteiger partial charge in [-0.25, -0.2) is 15.0 Å². The summed E-state index contributed by atoms with van der Waals surface area (Å²) in [6.07, 6.45) is -2.09. The van der Waals surface area contributed by atoms with Crippen molar-refractivity contribution in [2.75, 3.05) is 33.3 Å². The predicted octanol–water partition coefficient (Wildman–Crippen LogP) is 3.75. The molecule has 0 spiro atoms. The van der Waals surface area contributed by atoms with E-state index in [9.17, 15) is 18.0 Å². The Balaban J connectivity index is 1.21. The number of aromatic amines is 1. The highest BCUT2D eigenvalue weighted by molar-refractivity contribution is 5.81. The Morgan fingerprint density at radius 2 is 1.85 bits per heavy atom. The van der Waals surface area contributed by atoms with Crippen molar-refractivity contribution in [3.63, 3.8) is 0 Å². The number of benzene rings is 1. The summed E-state index contributed by atoms with van der Waals surface area (Å²) in [6.45, 7) is 2.66. The van der Waals surface area contributed by atoms with Crippen LogP contribution in [-0.2, 0) is 29.1 Å². The van der Waals surface area contributed by atoms with Crippen LogP contribution < -0.4 is 0 Å². The molecule has 3 aromatic heterocycles. The molecule has 12 heteroatoms. The van der Waals surface area contributed by atoms with Gasteiger partial charge in [-0.3, -0.25) is 14.7 Å². The van der Waals surface area contributed by atoms with Crippen LogP contribution in [0.3, 0.4) is 0 Å². The number of carbonyl (C=O) groups is 1. The number of pyridine rings is 1. The Bertz CT molecular complexity index is 1450. The number of halogens is 3. The molecule has 39 heavy (non-hydrogen) atoms. The zero-order chi connectivity index (χ0) is 27.4. The zero-order valence-electron chi connectivity index (χ0n) is 21.4. The maximum atomic E-state index is 12.5. The van der Waals surface area contributed by atoms with Gasteiger partial charge in [-0.05, 0) is 35.9 Å². The second-order valence-electron chi connectivity index (χ2n) is 9.52. The summed E-state index contributed by atoms with van der Waals surface area (Å²) in [7, 11) is 1.63. The van der Waals surface area contributed by atoms with Gasteiger partial charge in [0.15, 0.2) is 0 Å². The second-order valence-corrected chi connectivity index (χ2v) is 9.52. The molecule has 0 bridgehead atoms. The lowest BCUT2D eigenvalue weighted by atomic mass is 10.1. The van der Waals surface area contributed by atoms with Crippen LogP contribution in [-0.4, -0.2) is 80.1 Å². The van der Waals surface area contributed by atoms with Gasteiger partial charge in [-0.1, -0.05) is 6.07 Å². The van der Waals surface area contributed by atoms with Gasteiger partial charge in [0, 0.05) is 63.7 Å². The van der Waals surface area contributed by atoms with Crippen molar-refractivity contribution in [1.29, 1.82) is 0 Å². The minimum Gasteiger partial charge on any atom is -0.378 e. The predicted molar refractivity (Wildman–Crippen MR) is 137 cm³/mol. The Labute approximate surface area is 223 Å². The molecule has 1 saturated heterocycles. The average Bonchev–Trinajstić information content (AvgIpc) is 3.30. The van der Waals surface area contributed by atoms with Gasteiger partial charge < -0.3 is 14.6 Å². The van der Waals surface area contributed by atoms with Crippen LogP contribution in [0.25, 0.3) is 22.3 Å². The van der Waals surface area contributed by atoms with E-state index < -0.39 is 18.5 Å². The third kappa shape index (κ3) is 6.95. The van der Waals surface area contributed by atoms with Gasteiger partial charge in [0.1, 0.15) is 18.6 Å². The number of piperazine rings is 1. The number of hydrogen-bond donors (Lipinski definition) is 1. The summed E-state index contributed by atoms with van der Waals surface area (Å²) >= 11 is 0. The van der Waals surface area contributed by atoms with E-state index in [1.165, 1.54) is 11.2 Å². The fourth-order valence-electron chi connectivity index (χ4n) is 4.68. The molecule has 1 aliphatic rings. The van der Waals surface area contributed by atoms with E-state index in [-0.39, 0.29) is 13.1 Å². The molecule has 0 atom stereocenters. The number of amides is 1. The van der Waals surface area contributed by atoms with Crippen molar-refractivity contribution < 1.29 is 22.7 Å². The van der Waals surface area contributed by atoms with Crippen LogP contribution >= 0.6 is 0 Å². The molecule has 1 aromatic carbocycles. The first-order valence-electron chi connectivity index (χ1n) is 12.6. The lowest BCUT2D eigenvalue weighted by Gasteiger charge is -2.35. The van der Waals surface area contributed by atoms with E-state index in [1.54, 1.807) is 13.3 Å². The molecule has 5 rings (SSSR count). The molecule has 0 aliphatic carbocycles. The van der Waals surface area contributed by atoms with Crippen molar-refractivity contribution in [2.45, 2.75) is 32.2 Å². The second kappa shape index (κ2) is 11.5. The summed E-state index contributed by atoms with van der Waals surface area (Å²) in [6, 6.07) is 11.8. The van der Waals surface area contributed by atoms with Crippen molar-refractivity contribution in [3.8, 4) is 11.3 Å². The zero-order valence-corrected chi connectivity index (χ0v) is 21.4. The first-order valence-corrected chi connectivity index (χ1v) is 12.6. The van der Waals surface area contributed by atoms with Crippen LogP contribution in [0.5, 0.6) is 0 Å². The van der Waals surface area contributed by atoms with E-state index in [4.69, 9.17) is 9.72 Å². The summed E-state index contributed by atoms with van der Waals surface area (Å²) in [5.41, 5.74) is 6.18. The normalized spacial score (nSPS) is 14.7. The number of rotatable bonds is 8. The number of methoxy groups -OCH3 is 1. The van der Waals surface area contributed by atoms with Gasteiger partial charge >= 0.3 is 6.18 Å². The highest BCUT2D eigenvalue weighted by atomic mass is 19.4. The average molecular weight is 540 g/mol. The van der Waals surface area contributed by atoms with E-state index in [0.717, 1.165) is 45.1 Å². The molecule has 0 saturated carbocycles. The number of imidazole rings is 1. The van der Waals surface area contributed by atoms with Crippen molar-refractivity contribution in [3.05, 3.63) is 71.7 Å². The fourth-order valence-corrected chi connectivity index (χ4v) is 4.68. The molecule has 0 radical (unpaired) electrons. The standard InChI is InChI=1S/C27H28F3N7O2/c1-39-16-21-12-23(33-17-32-21)19-2-3-22-24(11-19)35-25(34-22)13-20-10-18(4-5-31-20)15-36-6-8-37(9-7-36)26(38)14-27(28,29)30/h2-5,10-12,17H,6-9,13-16H2,1H3,(H,34,35). The van der Waals surface area contributed by atoms with E-state index in [0.29, 0.717) is 32.7 Å². The van der Waals surface area contributed by atoms with Crippen molar-refractivity contribution >= 4 is 16.9 Å². The molecule has 4 heterocycles. The number of carbonyl (C=O) groups excluding carboxylic acids is 1. The van der Waals surface area contributed by atoms with Crippen LogP contribution in [0.4, 0.5) is 13.2 Å². The lowest BCUT2D eigenvalue weighted by molar-refractivity contribution is -0.162. The van der Waals surface area contributed by atoms with Gasteiger partial charge in [-0.15, -0.1) is 0 Å². The van der Waals surface area contributed by atoms with Gasteiger partial charge in [0.05, 0.1) is 29.0 Å². The summed E-state index contributed by atoms with van der Waals surface area (Å²) in [5.74, 6) is -0.0782. The lowest BCUT2D eigenvalue weighted by Crippen LogP contribution is -2.49. The smallest absolute Gasteiger partial charge is 0.378 e. The topological polar surface area (TPSA) is 100 Å². The maximum Gasteiger partial charge on any atom is 0.397 e. The molecule has 1 amide bonds. The summed E-state index contributed by atoms with van der Waals surface area (Å²) in [5, 5.41) is 0. The Kier molecular flexibility index (Phi) is 7.84. The molecular weight excluding hydrogens is 511 g/mol. The Hall–Kier alpha value is -3.90. The van der Waals surface area contributed by atoms with Crippen molar-refractivity contribution in [1.82, 2.24) is 34.7 Å². The SMILES string of the molecule is COCc1cc(-c2ccc3nc(Cc4cc(CN5CCN(C(=O)CC(F)(F)F)CC5)ccn4)[nH]c3c2)ncn1. The summed E-state index contributed by atoms with van der Waals surface area (Å²) in [4.78, 5) is 36.4. The van der Waals surface area contributed by atoms with E-state index >= 15 is 0 Å². The number of aromatic nitrogens is 5. The highest BCUT2D eigenvalue weighted by Crippen LogP contribution is 2.24. The van der Waals surface area contributed by atoms with Gasteiger partial charge in [0.25, 0.3) is 0 Å². The molecule has 1 N–H and O–H groups in total. The number of nitrogens with one attached hydrogen (secondary N) is 1. The van der Waals surface area contributed by atoms with Crippen LogP contribution in [0.15, 0.2) is 48.9 Å². The third-order valence-corrected chi connectivity index (χ3v) is 6.56. The number of nitrogens with zero attached hydrogens (tertiary/aromatic N) is 6. The molecule has 1 fully saturated rings. The number of alkyl halides is 3. The van der Waals surface area contributed by atoms with Gasteiger partial charge in [0.2, 0.25) is 5.91 Å². The number of ether oxygens (including phenoxy) is 1. The monoisotopic (exact) mass is 539 g/mol.